The van der Waals surface area contributed by atoms with Crippen LogP contribution in [-0.4, -0.2) is 32.3 Å². The van der Waals surface area contributed by atoms with Gasteiger partial charge in [-0.1, -0.05) is 24.3 Å². The summed E-state index contributed by atoms with van der Waals surface area (Å²) in [4.78, 5) is 12.0. The topological polar surface area (TPSA) is 56.8 Å². The molecule has 1 aliphatic heterocycles. The Kier molecular flexibility index (Phi) is 6.97. The van der Waals surface area contributed by atoms with Gasteiger partial charge in [0.2, 0.25) is 5.91 Å². The normalized spacial score (nSPS) is 12.9. The van der Waals surface area contributed by atoms with Crippen LogP contribution in [0.25, 0.3) is 0 Å². The number of benzene rings is 2. The van der Waals surface area contributed by atoms with E-state index in [0.717, 1.165) is 41.2 Å². The van der Waals surface area contributed by atoms with Gasteiger partial charge in [0.05, 0.1) is 19.8 Å². The monoisotopic (exact) mass is 369 g/mol. The Morgan fingerprint density at radius 2 is 1.93 bits per heavy atom. The summed E-state index contributed by atoms with van der Waals surface area (Å²) in [5.41, 5.74) is 2.20. The van der Waals surface area contributed by atoms with Crippen molar-refractivity contribution in [2.24, 2.45) is 0 Å². The number of carbonyl (C=O) groups excluding carboxylic acids is 1. The summed E-state index contributed by atoms with van der Waals surface area (Å²) >= 11 is 0. The fraction of sp³-hybridized carbons (Fsp3) is 0.409. The second-order valence-corrected chi connectivity index (χ2v) is 6.65. The fourth-order valence-electron chi connectivity index (χ4n) is 2.91. The van der Waals surface area contributed by atoms with Crippen LogP contribution in [0.4, 0.5) is 0 Å². The van der Waals surface area contributed by atoms with E-state index in [2.05, 4.69) is 5.32 Å². The maximum Gasteiger partial charge on any atom is 0.220 e. The number of para-hydroxylation sites is 1. The van der Waals surface area contributed by atoms with Crippen LogP contribution in [0.1, 0.15) is 30.4 Å². The van der Waals surface area contributed by atoms with Gasteiger partial charge in [-0.05, 0) is 49.1 Å². The van der Waals surface area contributed by atoms with E-state index >= 15 is 0 Å². The molecule has 27 heavy (non-hydrogen) atoms. The van der Waals surface area contributed by atoms with Gasteiger partial charge in [-0.15, -0.1) is 0 Å². The van der Waals surface area contributed by atoms with Crippen LogP contribution in [-0.2, 0) is 11.2 Å². The highest BCUT2D eigenvalue weighted by Crippen LogP contribution is 2.30. The second-order valence-electron chi connectivity index (χ2n) is 6.65. The number of ether oxygens (including phenoxy) is 3. The van der Waals surface area contributed by atoms with Gasteiger partial charge in [-0.3, -0.25) is 4.79 Å². The second kappa shape index (κ2) is 9.86. The van der Waals surface area contributed by atoms with Crippen LogP contribution >= 0.6 is 0 Å². The first-order valence-corrected chi connectivity index (χ1v) is 9.56. The lowest BCUT2D eigenvalue weighted by Crippen LogP contribution is -2.25. The Balaban J connectivity index is 1.34. The average molecular weight is 369 g/mol. The molecule has 2 aromatic rings. The van der Waals surface area contributed by atoms with Crippen molar-refractivity contribution in [2.45, 2.75) is 32.6 Å². The molecule has 0 unspecified atom stereocenters. The molecule has 1 heterocycles. The molecule has 2 aromatic carbocycles. The van der Waals surface area contributed by atoms with Crippen molar-refractivity contribution in [3.8, 4) is 17.2 Å². The highest BCUT2D eigenvalue weighted by Gasteiger charge is 2.11. The zero-order valence-corrected chi connectivity index (χ0v) is 15.8. The predicted octanol–water partition coefficient (Wildman–Crippen LogP) is 3.67. The van der Waals surface area contributed by atoms with E-state index in [1.807, 2.05) is 49.4 Å². The zero-order chi connectivity index (χ0) is 18.9. The summed E-state index contributed by atoms with van der Waals surface area (Å²) < 4.78 is 17.1. The number of hydrogen-bond donors (Lipinski definition) is 1. The Morgan fingerprint density at radius 3 is 2.78 bits per heavy atom. The Morgan fingerprint density at radius 1 is 1.11 bits per heavy atom. The predicted molar refractivity (Wildman–Crippen MR) is 105 cm³/mol. The van der Waals surface area contributed by atoms with Crippen molar-refractivity contribution >= 4 is 5.91 Å². The number of hydrogen-bond acceptors (Lipinski definition) is 4. The van der Waals surface area contributed by atoms with Gasteiger partial charge in [0.25, 0.3) is 0 Å². The lowest BCUT2D eigenvalue weighted by atomic mass is 10.1. The third kappa shape index (κ3) is 5.91. The van der Waals surface area contributed by atoms with Gasteiger partial charge in [0, 0.05) is 19.4 Å². The van der Waals surface area contributed by atoms with Gasteiger partial charge in [0.1, 0.15) is 5.75 Å². The summed E-state index contributed by atoms with van der Waals surface area (Å²) in [5, 5.41) is 2.95. The van der Waals surface area contributed by atoms with Gasteiger partial charge in [-0.2, -0.15) is 0 Å². The van der Waals surface area contributed by atoms with Crippen molar-refractivity contribution in [3.05, 3.63) is 53.6 Å². The molecule has 0 aromatic heterocycles. The molecular formula is C22H27NO4. The Labute approximate surface area is 160 Å². The van der Waals surface area contributed by atoms with Crippen molar-refractivity contribution in [3.63, 3.8) is 0 Å². The fourth-order valence-corrected chi connectivity index (χ4v) is 2.91. The van der Waals surface area contributed by atoms with Crippen LogP contribution in [0.5, 0.6) is 17.2 Å². The van der Waals surface area contributed by atoms with Gasteiger partial charge in [-0.25, -0.2) is 0 Å². The highest BCUT2D eigenvalue weighted by atomic mass is 16.5. The smallest absolute Gasteiger partial charge is 0.220 e. The molecule has 0 bridgehead atoms. The van der Waals surface area contributed by atoms with E-state index in [9.17, 15) is 4.79 Å². The maximum atomic E-state index is 12.0. The largest absolute Gasteiger partial charge is 0.493 e. The lowest BCUT2D eigenvalue weighted by Gasteiger charge is -2.10. The minimum Gasteiger partial charge on any atom is -0.493 e. The van der Waals surface area contributed by atoms with Crippen LogP contribution in [0.2, 0.25) is 0 Å². The molecule has 1 aliphatic rings. The Bertz CT molecular complexity index is 760. The number of carbonyl (C=O) groups is 1. The van der Waals surface area contributed by atoms with Crippen LogP contribution in [0.15, 0.2) is 42.5 Å². The van der Waals surface area contributed by atoms with E-state index in [0.29, 0.717) is 39.2 Å². The van der Waals surface area contributed by atoms with Crippen molar-refractivity contribution in [2.75, 3.05) is 26.4 Å². The third-order valence-electron chi connectivity index (χ3n) is 4.45. The number of amides is 1. The molecule has 5 heteroatoms. The van der Waals surface area contributed by atoms with Crippen molar-refractivity contribution in [1.82, 2.24) is 5.32 Å². The molecule has 0 fully saturated rings. The molecule has 0 spiro atoms. The molecule has 0 saturated heterocycles. The van der Waals surface area contributed by atoms with Gasteiger partial charge >= 0.3 is 0 Å². The lowest BCUT2D eigenvalue weighted by molar-refractivity contribution is -0.121. The van der Waals surface area contributed by atoms with Gasteiger partial charge < -0.3 is 19.5 Å². The van der Waals surface area contributed by atoms with Crippen LogP contribution in [0, 0.1) is 6.92 Å². The molecule has 0 atom stereocenters. The average Bonchev–Trinajstić information content (AvgIpc) is 2.92. The van der Waals surface area contributed by atoms with Gasteiger partial charge in [0.15, 0.2) is 11.5 Å². The van der Waals surface area contributed by atoms with E-state index in [4.69, 9.17) is 14.2 Å². The first-order chi connectivity index (χ1) is 13.2. The molecule has 1 amide bonds. The van der Waals surface area contributed by atoms with Crippen molar-refractivity contribution in [1.29, 1.82) is 0 Å². The standard InChI is InChI=1S/C22H27NO4/c1-17-6-2-3-7-19(17)25-13-4-12-23-22(24)11-9-18-8-10-20-21(16-18)27-15-5-14-26-20/h2-3,6-8,10,16H,4-5,9,11-15H2,1H3,(H,23,24). The molecule has 3 rings (SSSR count). The molecule has 5 nitrogen and oxygen atoms in total. The molecule has 1 N–H and O–H groups in total. The Hall–Kier alpha value is -2.69. The number of rotatable bonds is 8. The molecule has 0 aliphatic carbocycles. The molecule has 144 valence electrons. The maximum absolute atomic E-state index is 12.0. The summed E-state index contributed by atoms with van der Waals surface area (Å²) in [6, 6.07) is 13.8. The molecular weight excluding hydrogens is 342 g/mol. The first kappa shape index (κ1) is 19.1. The minimum absolute atomic E-state index is 0.0537. The van der Waals surface area contributed by atoms with Crippen LogP contribution in [0.3, 0.4) is 0 Å². The summed E-state index contributed by atoms with van der Waals surface area (Å²) in [6.45, 7) is 4.58. The SMILES string of the molecule is Cc1ccccc1OCCCNC(=O)CCc1ccc2c(c1)OCCCO2. The quantitative estimate of drug-likeness (QED) is 0.721. The highest BCUT2D eigenvalue weighted by molar-refractivity contribution is 5.76. The first-order valence-electron chi connectivity index (χ1n) is 9.56. The zero-order valence-electron chi connectivity index (χ0n) is 15.8. The van der Waals surface area contributed by atoms with E-state index in [-0.39, 0.29) is 5.91 Å². The third-order valence-corrected chi connectivity index (χ3v) is 4.45. The summed E-state index contributed by atoms with van der Waals surface area (Å²) in [5.74, 6) is 2.52. The minimum atomic E-state index is 0.0537. The number of fused-ring (bicyclic) bond motifs is 1. The van der Waals surface area contributed by atoms with Crippen molar-refractivity contribution < 1.29 is 19.0 Å². The summed E-state index contributed by atoms with van der Waals surface area (Å²) in [6.07, 6.45) is 2.81. The van der Waals surface area contributed by atoms with E-state index in [1.54, 1.807) is 0 Å². The molecule has 0 saturated carbocycles. The number of aryl methyl sites for hydroxylation is 2. The summed E-state index contributed by atoms with van der Waals surface area (Å²) in [7, 11) is 0. The molecule has 0 radical (unpaired) electrons. The van der Waals surface area contributed by atoms with E-state index in [1.165, 1.54) is 0 Å². The number of nitrogens with one attached hydrogen (secondary N) is 1. The van der Waals surface area contributed by atoms with Crippen LogP contribution < -0.4 is 19.5 Å². The van der Waals surface area contributed by atoms with E-state index < -0.39 is 0 Å².